The van der Waals surface area contributed by atoms with Gasteiger partial charge in [0.15, 0.2) is 11.0 Å². The van der Waals surface area contributed by atoms with Crippen LogP contribution < -0.4 is 9.47 Å². The maximum Gasteiger partial charge on any atom is 0.197 e. The van der Waals surface area contributed by atoms with Crippen LogP contribution >= 0.6 is 11.8 Å². The first-order valence-electron chi connectivity index (χ1n) is 11.3. The van der Waals surface area contributed by atoms with Crippen LogP contribution in [0, 0.1) is 0 Å². The van der Waals surface area contributed by atoms with Gasteiger partial charge < -0.3 is 9.47 Å². The van der Waals surface area contributed by atoms with Crippen molar-refractivity contribution in [2.75, 3.05) is 14.2 Å². The zero-order valence-electron chi connectivity index (χ0n) is 19.5. The summed E-state index contributed by atoms with van der Waals surface area (Å²) < 4.78 is 12.9. The van der Waals surface area contributed by atoms with Crippen molar-refractivity contribution in [1.82, 2.24) is 14.8 Å². The van der Waals surface area contributed by atoms with Crippen molar-refractivity contribution in [1.29, 1.82) is 0 Å². The molecule has 0 N–H and O–H groups in total. The van der Waals surface area contributed by atoms with E-state index in [1.807, 2.05) is 60.7 Å². The molecule has 0 atom stereocenters. The topological polar surface area (TPSA) is 49.2 Å². The van der Waals surface area contributed by atoms with Gasteiger partial charge in [-0.15, -0.1) is 10.2 Å². The van der Waals surface area contributed by atoms with Crippen LogP contribution in [0.25, 0.3) is 17.1 Å². The molecule has 5 nitrogen and oxygen atoms in total. The van der Waals surface area contributed by atoms with Crippen LogP contribution in [0.15, 0.2) is 114 Å². The molecule has 1 aromatic heterocycles. The van der Waals surface area contributed by atoms with E-state index in [2.05, 4.69) is 63.3 Å². The number of aromatic nitrogens is 3. The Morgan fingerprint density at radius 2 is 1.29 bits per heavy atom. The Bertz CT molecular complexity index is 1350. The molecule has 0 aliphatic rings. The fourth-order valence-corrected chi connectivity index (χ4v) is 5.13. The molecule has 0 bridgehead atoms. The van der Waals surface area contributed by atoms with Crippen molar-refractivity contribution in [3.8, 4) is 28.6 Å². The van der Waals surface area contributed by atoms with E-state index in [1.165, 1.54) is 11.1 Å². The van der Waals surface area contributed by atoms with Crippen molar-refractivity contribution < 1.29 is 9.47 Å². The van der Waals surface area contributed by atoms with E-state index in [0.29, 0.717) is 0 Å². The fourth-order valence-electron chi connectivity index (χ4n) is 3.95. The minimum Gasteiger partial charge on any atom is -0.497 e. The molecule has 5 aromatic rings. The number of ether oxygens (including phenoxy) is 2. The smallest absolute Gasteiger partial charge is 0.197 e. The van der Waals surface area contributed by atoms with Crippen LogP contribution in [-0.2, 0) is 0 Å². The average Bonchev–Trinajstić information content (AvgIpc) is 3.36. The fraction of sp³-hybridized carbons (Fsp3) is 0.103. The lowest BCUT2D eigenvalue weighted by Crippen LogP contribution is -2.03. The Kier molecular flexibility index (Phi) is 6.82. The number of thioether (sulfide) groups is 1. The number of benzene rings is 4. The summed E-state index contributed by atoms with van der Waals surface area (Å²) in [6, 6.07) is 36.8. The molecule has 0 amide bonds. The molecule has 0 saturated carbocycles. The minimum atomic E-state index is 0.0526. The van der Waals surface area contributed by atoms with Gasteiger partial charge in [0.2, 0.25) is 0 Å². The lowest BCUT2D eigenvalue weighted by atomic mass is 10.0. The van der Waals surface area contributed by atoms with Crippen LogP contribution in [0.1, 0.15) is 16.4 Å². The third-order valence-corrected chi connectivity index (χ3v) is 6.97. The van der Waals surface area contributed by atoms with E-state index >= 15 is 0 Å². The Balaban J connectivity index is 1.64. The number of hydrogen-bond donors (Lipinski definition) is 0. The quantitative estimate of drug-likeness (QED) is 0.228. The standard InChI is InChI=1S/C29H25N3O2S/c1-33-25-18-16-24(17-19-25)32-28(23-14-9-15-26(20-23)34-2)30-31-29(32)35-27(21-10-5-3-6-11-21)22-12-7-4-8-13-22/h3-20,27H,1-2H3. The zero-order chi connectivity index (χ0) is 24.0. The van der Waals surface area contributed by atoms with Gasteiger partial charge in [0, 0.05) is 11.3 Å². The highest BCUT2D eigenvalue weighted by Crippen LogP contribution is 2.41. The molecule has 0 aliphatic carbocycles. The second kappa shape index (κ2) is 10.5. The van der Waals surface area contributed by atoms with Gasteiger partial charge in [-0.25, -0.2) is 0 Å². The van der Waals surface area contributed by atoms with E-state index in [1.54, 1.807) is 26.0 Å². The first-order chi connectivity index (χ1) is 17.3. The molecule has 4 aromatic carbocycles. The Morgan fingerprint density at radius 3 is 1.89 bits per heavy atom. The first-order valence-corrected chi connectivity index (χ1v) is 12.2. The van der Waals surface area contributed by atoms with Gasteiger partial charge in [-0.1, -0.05) is 84.6 Å². The minimum absolute atomic E-state index is 0.0526. The lowest BCUT2D eigenvalue weighted by molar-refractivity contribution is 0.414. The lowest BCUT2D eigenvalue weighted by Gasteiger charge is -2.18. The maximum absolute atomic E-state index is 5.46. The van der Waals surface area contributed by atoms with Crippen molar-refractivity contribution in [2.24, 2.45) is 0 Å². The molecule has 0 fully saturated rings. The predicted octanol–water partition coefficient (Wildman–Crippen LogP) is 6.83. The molecular formula is C29H25N3O2S. The SMILES string of the molecule is COc1ccc(-n2c(SC(c3ccccc3)c3ccccc3)nnc2-c2cccc(OC)c2)cc1. The molecule has 0 unspecified atom stereocenters. The number of methoxy groups -OCH3 is 2. The highest BCUT2D eigenvalue weighted by atomic mass is 32.2. The number of nitrogens with zero attached hydrogens (tertiary/aromatic N) is 3. The summed E-state index contributed by atoms with van der Waals surface area (Å²) >= 11 is 1.68. The monoisotopic (exact) mass is 479 g/mol. The molecule has 5 rings (SSSR count). The second-order valence-corrected chi connectivity index (χ2v) is 8.96. The van der Waals surface area contributed by atoms with Crippen molar-refractivity contribution in [2.45, 2.75) is 10.4 Å². The van der Waals surface area contributed by atoms with Crippen molar-refractivity contribution in [3.63, 3.8) is 0 Å². The summed E-state index contributed by atoms with van der Waals surface area (Å²) in [6.45, 7) is 0. The van der Waals surface area contributed by atoms with Gasteiger partial charge in [0.05, 0.1) is 19.5 Å². The molecule has 1 heterocycles. The molecule has 35 heavy (non-hydrogen) atoms. The molecule has 0 spiro atoms. The highest BCUT2D eigenvalue weighted by Gasteiger charge is 2.23. The first kappa shape index (κ1) is 22.7. The maximum atomic E-state index is 5.46. The van der Waals surface area contributed by atoms with Gasteiger partial charge in [-0.3, -0.25) is 4.57 Å². The summed E-state index contributed by atoms with van der Waals surface area (Å²) in [7, 11) is 3.33. The molecule has 174 valence electrons. The van der Waals surface area contributed by atoms with Gasteiger partial charge in [-0.2, -0.15) is 0 Å². The Hall–Kier alpha value is -4.03. The second-order valence-electron chi connectivity index (χ2n) is 7.89. The van der Waals surface area contributed by atoms with Gasteiger partial charge in [0.1, 0.15) is 11.5 Å². The summed E-state index contributed by atoms with van der Waals surface area (Å²) in [6.07, 6.45) is 0. The van der Waals surface area contributed by atoms with Crippen molar-refractivity contribution in [3.05, 3.63) is 120 Å². The summed E-state index contributed by atoms with van der Waals surface area (Å²) in [5.74, 6) is 2.31. The predicted molar refractivity (Wildman–Crippen MR) is 140 cm³/mol. The average molecular weight is 480 g/mol. The van der Waals surface area contributed by atoms with E-state index in [4.69, 9.17) is 9.47 Å². The van der Waals surface area contributed by atoms with E-state index in [-0.39, 0.29) is 5.25 Å². The Morgan fingerprint density at radius 1 is 0.657 bits per heavy atom. The molecule has 0 saturated heterocycles. The molecule has 0 radical (unpaired) electrons. The van der Waals surface area contributed by atoms with Crippen LogP contribution in [0.2, 0.25) is 0 Å². The molecular weight excluding hydrogens is 454 g/mol. The van der Waals surface area contributed by atoms with Gasteiger partial charge in [0.25, 0.3) is 0 Å². The molecule has 6 heteroatoms. The van der Waals surface area contributed by atoms with Gasteiger partial charge in [-0.05, 0) is 47.5 Å². The molecule has 0 aliphatic heterocycles. The normalized spacial score (nSPS) is 10.9. The van der Waals surface area contributed by atoms with Crippen LogP contribution in [0.3, 0.4) is 0 Å². The van der Waals surface area contributed by atoms with Crippen molar-refractivity contribution >= 4 is 11.8 Å². The van der Waals surface area contributed by atoms with E-state index in [9.17, 15) is 0 Å². The van der Waals surface area contributed by atoms with Gasteiger partial charge >= 0.3 is 0 Å². The third-order valence-electron chi connectivity index (χ3n) is 5.72. The zero-order valence-corrected chi connectivity index (χ0v) is 20.4. The summed E-state index contributed by atoms with van der Waals surface area (Å²) in [5, 5.41) is 10.1. The van der Waals surface area contributed by atoms with Crippen LogP contribution in [0.4, 0.5) is 0 Å². The van der Waals surface area contributed by atoms with Crippen LogP contribution in [0.5, 0.6) is 11.5 Å². The third kappa shape index (κ3) is 4.93. The van der Waals surface area contributed by atoms with E-state index < -0.39 is 0 Å². The summed E-state index contributed by atoms with van der Waals surface area (Å²) in [5.41, 5.74) is 4.29. The Labute approximate surface area is 209 Å². The number of rotatable bonds is 8. The largest absolute Gasteiger partial charge is 0.497 e. The van der Waals surface area contributed by atoms with Crippen LogP contribution in [-0.4, -0.2) is 29.0 Å². The highest BCUT2D eigenvalue weighted by molar-refractivity contribution is 7.99. The van der Waals surface area contributed by atoms with E-state index in [0.717, 1.165) is 33.7 Å². The summed E-state index contributed by atoms with van der Waals surface area (Å²) in [4.78, 5) is 0. The number of hydrogen-bond acceptors (Lipinski definition) is 5.